The van der Waals surface area contributed by atoms with Crippen LogP contribution in [-0.2, 0) is 0 Å². The molecule has 0 spiro atoms. The van der Waals surface area contributed by atoms with Crippen LogP contribution >= 0.6 is 27.5 Å². The summed E-state index contributed by atoms with van der Waals surface area (Å²) in [5.74, 6) is -0.277. The fourth-order valence-corrected chi connectivity index (χ4v) is 3.23. The molecule has 2 aliphatic carbocycles. The van der Waals surface area contributed by atoms with Gasteiger partial charge in [0, 0.05) is 6.07 Å². The molecule has 2 aromatic rings. The molecule has 4 rings (SSSR count). The van der Waals surface area contributed by atoms with E-state index in [0.717, 1.165) is 25.7 Å². The Balaban J connectivity index is 1.95. The summed E-state index contributed by atoms with van der Waals surface area (Å²) in [6.45, 7) is 0. The smallest absolute Gasteiger partial charge is 0.152 e. The van der Waals surface area contributed by atoms with Gasteiger partial charge < -0.3 is 4.74 Å². The fourth-order valence-electron chi connectivity index (χ4n) is 2.57. The minimum Gasteiger partial charge on any atom is -0.489 e. The van der Waals surface area contributed by atoms with Crippen LogP contribution in [0.3, 0.4) is 0 Å². The lowest BCUT2D eigenvalue weighted by Crippen LogP contribution is -2.05. The maximum absolute atomic E-state index is 14.8. The zero-order valence-corrected chi connectivity index (χ0v) is 14.4. The molecule has 0 radical (unpaired) electrons. The molecule has 0 bridgehead atoms. The molecule has 2 fully saturated rings. The van der Waals surface area contributed by atoms with Crippen LogP contribution in [0.5, 0.6) is 5.75 Å². The second kappa shape index (κ2) is 5.50. The van der Waals surface area contributed by atoms with E-state index in [1.54, 1.807) is 10.9 Å². The summed E-state index contributed by atoms with van der Waals surface area (Å²) in [6, 6.07) is 3.72. The van der Waals surface area contributed by atoms with Gasteiger partial charge in [0.05, 0.1) is 39.1 Å². The molecule has 4 nitrogen and oxygen atoms in total. The highest BCUT2D eigenvalue weighted by molar-refractivity contribution is 9.10. The Morgan fingerprint density at radius 2 is 2.13 bits per heavy atom. The number of nitrogens with zero attached hydrogens (tertiary/aromatic N) is 3. The van der Waals surface area contributed by atoms with Crippen LogP contribution in [-0.4, -0.2) is 15.9 Å². The van der Waals surface area contributed by atoms with Gasteiger partial charge in [-0.25, -0.2) is 4.39 Å². The zero-order chi connectivity index (χ0) is 16.1. The third-order valence-corrected chi connectivity index (χ3v) is 4.85. The maximum atomic E-state index is 14.8. The van der Waals surface area contributed by atoms with Crippen LogP contribution < -0.4 is 4.74 Å². The summed E-state index contributed by atoms with van der Waals surface area (Å²) in [7, 11) is 0. The van der Waals surface area contributed by atoms with Gasteiger partial charge in [0.15, 0.2) is 5.82 Å². The molecule has 0 unspecified atom stereocenters. The molecule has 2 saturated carbocycles. The first-order valence-corrected chi connectivity index (χ1v) is 8.59. The van der Waals surface area contributed by atoms with E-state index < -0.39 is 5.82 Å². The van der Waals surface area contributed by atoms with Crippen molar-refractivity contribution in [1.82, 2.24) is 9.78 Å². The van der Waals surface area contributed by atoms with E-state index in [-0.39, 0.29) is 28.3 Å². The van der Waals surface area contributed by atoms with Crippen LogP contribution in [0, 0.1) is 17.1 Å². The van der Waals surface area contributed by atoms with Gasteiger partial charge in [0.1, 0.15) is 17.4 Å². The fraction of sp³-hybridized carbons (Fsp3) is 0.375. The Labute approximate surface area is 145 Å². The first kappa shape index (κ1) is 15.0. The zero-order valence-electron chi connectivity index (χ0n) is 12.0. The summed E-state index contributed by atoms with van der Waals surface area (Å²) in [5, 5.41) is 13.9. The van der Waals surface area contributed by atoms with Crippen molar-refractivity contribution in [3.8, 4) is 23.1 Å². The molecule has 1 aromatic heterocycles. The third-order valence-electron chi connectivity index (χ3n) is 3.99. The van der Waals surface area contributed by atoms with Crippen molar-refractivity contribution in [2.45, 2.75) is 37.8 Å². The number of hydrogen-bond donors (Lipinski definition) is 0. The summed E-state index contributed by atoms with van der Waals surface area (Å²) >= 11 is 9.48. The molecule has 23 heavy (non-hydrogen) atoms. The molecule has 0 amide bonds. The Kier molecular flexibility index (Phi) is 3.58. The SMILES string of the molecule is N#Cc1c(OC2CC2)cc(Cl)c(F)c1-c1c(Br)cnn1C1CC1. The van der Waals surface area contributed by atoms with Crippen molar-refractivity contribution in [1.29, 1.82) is 5.26 Å². The number of hydrogen-bond acceptors (Lipinski definition) is 3. The molecule has 0 atom stereocenters. The Morgan fingerprint density at radius 1 is 1.39 bits per heavy atom. The van der Waals surface area contributed by atoms with Gasteiger partial charge in [-0.15, -0.1) is 0 Å². The second-order valence-corrected chi connectivity index (χ2v) is 7.13. The molecule has 1 heterocycles. The van der Waals surface area contributed by atoms with Crippen molar-refractivity contribution in [3.05, 3.63) is 33.1 Å². The Morgan fingerprint density at radius 3 is 2.74 bits per heavy atom. The number of aromatic nitrogens is 2. The minimum atomic E-state index is -0.616. The van der Waals surface area contributed by atoms with E-state index in [0.29, 0.717) is 15.9 Å². The van der Waals surface area contributed by atoms with Gasteiger partial charge >= 0.3 is 0 Å². The average Bonchev–Trinajstić information content (AvgIpc) is 3.43. The molecular weight excluding hydrogens is 385 g/mol. The number of halogens is 3. The number of rotatable bonds is 4. The summed E-state index contributed by atoms with van der Waals surface area (Å²) < 4.78 is 23.0. The van der Waals surface area contributed by atoms with E-state index in [4.69, 9.17) is 16.3 Å². The standard InChI is InChI=1S/C16H12BrClFN3O/c17-11-7-21-22(8-1-2-8)16(11)14-10(6-20)13(23-9-3-4-9)5-12(18)15(14)19/h5,7-9H,1-4H2. The molecular formula is C16H12BrClFN3O. The lowest BCUT2D eigenvalue weighted by Gasteiger charge is -2.15. The number of benzene rings is 1. The van der Waals surface area contributed by atoms with Crippen molar-refractivity contribution in [2.75, 3.05) is 0 Å². The van der Waals surface area contributed by atoms with Crippen LogP contribution in [0.15, 0.2) is 16.7 Å². The molecule has 0 aliphatic heterocycles. The molecule has 7 heteroatoms. The predicted molar refractivity (Wildman–Crippen MR) is 87.0 cm³/mol. The summed E-state index contributed by atoms with van der Waals surface area (Å²) in [6.07, 6.45) is 5.59. The third kappa shape index (κ3) is 2.62. The van der Waals surface area contributed by atoms with Crippen LogP contribution in [0.4, 0.5) is 4.39 Å². The normalized spacial score (nSPS) is 17.1. The average molecular weight is 397 g/mol. The van der Waals surface area contributed by atoms with E-state index in [2.05, 4.69) is 27.1 Å². The van der Waals surface area contributed by atoms with Gasteiger partial charge in [0.2, 0.25) is 0 Å². The molecule has 0 N–H and O–H groups in total. The van der Waals surface area contributed by atoms with E-state index in [9.17, 15) is 9.65 Å². The minimum absolute atomic E-state index is 0.0508. The Hall–Kier alpha value is -1.58. The first-order valence-electron chi connectivity index (χ1n) is 7.42. The second-order valence-electron chi connectivity index (χ2n) is 5.87. The van der Waals surface area contributed by atoms with Gasteiger partial charge in [-0.3, -0.25) is 4.68 Å². The molecule has 1 aromatic carbocycles. The molecule has 0 saturated heterocycles. The summed E-state index contributed by atoms with van der Waals surface area (Å²) in [4.78, 5) is 0. The molecule has 2 aliphatic rings. The van der Waals surface area contributed by atoms with Crippen molar-refractivity contribution < 1.29 is 9.13 Å². The van der Waals surface area contributed by atoms with E-state index in [1.165, 1.54) is 6.07 Å². The van der Waals surface area contributed by atoms with Gasteiger partial charge in [-0.05, 0) is 41.6 Å². The summed E-state index contributed by atoms with van der Waals surface area (Å²) in [5.41, 5.74) is 0.874. The van der Waals surface area contributed by atoms with Crippen LogP contribution in [0.1, 0.15) is 37.3 Å². The van der Waals surface area contributed by atoms with Gasteiger partial charge in [-0.1, -0.05) is 11.6 Å². The highest BCUT2D eigenvalue weighted by atomic mass is 79.9. The van der Waals surface area contributed by atoms with Crippen LogP contribution in [0.2, 0.25) is 5.02 Å². The van der Waals surface area contributed by atoms with Crippen molar-refractivity contribution >= 4 is 27.5 Å². The van der Waals surface area contributed by atoms with E-state index in [1.807, 2.05) is 0 Å². The van der Waals surface area contributed by atoms with Crippen molar-refractivity contribution in [3.63, 3.8) is 0 Å². The highest BCUT2D eigenvalue weighted by Crippen LogP contribution is 2.45. The quantitative estimate of drug-likeness (QED) is 0.742. The number of ether oxygens (including phenoxy) is 1. The lowest BCUT2D eigenvalue weighted by atomic mass is 10.0. The lowest BCUT2D eigenvalue weighted by molar-refractivity contribution is 0.302. The number of nitriles is 1. The predicted octanol–water partition coefficient (Wildman–Crippen LogP) is 4.85. The van der Waals surface area contributed by atoms with E-state index >= 15 is 0 Å². The van der Waals surface area contributed by atoms with Gasteiger partial charge in [0.25, 0.3) is 0 Å². The highest BCUT2D eigenvalue weighted by Gasteiger charge is 2.33. The van der Waals surface area contributed by atoms with Crippen LogP contribution in [0.25, 0.3) is 11.3 Å². The van der Waals surface area contributed by atoms with Gasteiger partial charge in [-0.2, -0.15) is 10.4 Å². The largest absolute Gasteiger partial charge is 0.489 e. The molecule has 118 valence electrons. The topological polar surface area (TPSA) is 50.8 Å². The Bertz CT molecular complexity index is 837. The van der Waals surface area contributed by atoms with Crippen molar-refractivity contribution in [2.24, 2.45) is 0 Å². The monoisotopic (exact) mass is 395 g/mol. The first-order chi connectivity index (χ1) is 11.1. The maximum Gasteiger partial charge on any atom is 0.152 e.